The maximum atomic E-state index is 13.5. The summed E-state index contributed by atoms with van der Waals surface area (Å²) in [7, 11) is 0. The number of nitrogens with one attached hydrogen (secondary N) is 1. The molecule has 0 aliphatic carbocycles. The summed E-state index contributed by atoms with van der Waals surface area (Å²) in [5, 5.41) is 2.90. The number of anilines is 2. The van der Waals surface area contributed by atoms with Crippen LogP contribution in [0.3, 0.4) is 0 Å². The Morgan fingerprint density at radius 1 is 1.18 bits per heavy atom. The summed E-state index contributed by atoms with van der Waals surface area (Å²) in [5.74, 6) is -0.847. The first-order valence-corrected chi connectivity index (χ1v) is 9.22. The number of para-hydroxylation sites is 1. The van der Waals surface area contributed by atoms with Crippen molar-refractivity contribution in [2.24, 2.45) is 0 Å². The molecular weight excluding hydrogens is 354 g/mol. The third-order valence-electron chi connectivity index (χ3n) is 5.36. The average Bonchev–Trinajstić information content (AvgIpc) is 3.05. The Balaban J connectivity index is 1.84. The number of fused-ring (bicyclic) bond motifs is 3. The zero-order chi connectivity index (χ0) is 19.9. The van der Waals surface area contributed by atoms with E-state index in [2.05, 4.69) is 11.9 Å². The van der Waals surface area contributed by atoms with E-state index in [0.717, 1.165) is 5.56 Å². The molecule has 1 atom stereocenters. The van der Waals surface area contributed by atoms with Crippen LogP contribution in [0.1, 0.15) is 28.8 Å². The van der Waals surface area contributed by atoms with Crippen molar-refractivity contribution >= 4 is 29.1 Å². The van der Waals surface area contributed by atoms with Crippen LogP contribution < -0.4 is 10.2 Å². The molecule has 0 saturated carbocycles. The van der Waals surface area contributed by atoms with E-state index in [1.807, 2.05) is 19.1 Å². The Morgan fingerprint density at radius 3 is 2.61 bits per heavy atom. The molecule has 1 N–H and O–H groups in total. The van der Waals surface area contributed by atoms with Gasteiger partial charge in [0, 0.05) is 25.1 Å². The molecule has 3 amide bonds. The molecule has 2 aromatic rings. The number of carbonyl (C=O) groups excluding carboxylic acids is 3. The zero-order valence-electron chi connectivity index (χ0n) is 15.6. The van der Waals surface area contributed by atoms with Gasteiger partial charge in [0.25, 0.3) is 11.8 Å². The maximum absolute atomic E-state index is 13.5. The molecule has 2 aromatic carbocycles. The van der Waals surface area contributed by atoms with E-state index in [1.54, 1.807) is 42.5 Å². The Kier molecular flexibility index (Phi) is 4.26. The molecule has 0 aromatic heterocycles. The smallest absolute Gasteiger partial charge is 0.271 e. The summed E-state index contributed by atoms with van der Waals surface area (Å²) >= 11 is 0. The van der Waals surface area contributed by atoms with E-state index in [4.69, 9.17) is 0 Å². The number of hydrogen-bond acceptors (Lipinski definition) is 3. The van der Waals surface area contributed by atoms with E-state index in [-0.39, 0.29) is 31.2 Å². The quantitative estimate of drug-likeness (QED) is 0.835. The van der Waals surface area contributed by atoms with Gasteiger partial charge in [-0.05, 0) is 31.2 Å². The fourth-order valence-electron chi connectivity index (χ4n) is 4.03. The first-order chi connectivity index (χ1) is 13.5. The Labute approximate surface area is 163 Å². The summed E-state index contributed by atoms with van der Waals surface area (Å²) < 4.78 is 0. The highest BCUT2D eigenvalue weighted by Crippen LogP contribution is 2.44. The lowest BCUT2D eigenvalue weighted by Gasteiger charge is -2.48. The molecule has 0 radical (unpaired) electrons. The summed E-state index contributed by atoms with van der Waals surface area (Å²) in [5.41, 5.74) is 1.19. The number of aryl methyl sites for hydroxylation is 1. The van der Waals surface area contributed by atoms with Gasteiger partial charge >= 0.3 is 0 Å². The molecule has 4 rings (SSSR count). The van der Waals surface area contributed by atoms with Crippen LogP contribution >= 0.6 is 0 Å². The van der Waals surface area contributed by atoms with Gasteiger partial charge in [-0.25, -0.2) is 0 Å². The standard InChI is InChI=1S/C22H21N3O3/c1-3-14-24-20(27)17-6-4-5-7-18(17)25-19(26)12-13-22(24,25)21(28)23-16-10-8-15(2)9-11-16/h3-11H,1,12-14H2,2H3,(H,23,28). The molecule has 0 bridgehead atoms. The Hall–Kier alpha value is -3.41. The minimum atomic E-state index is -1.40. The van der Waals surface area contributed by atoms with Crippen molar-refractivity contribution in [1.29, 1.82) is 0 Å². The lowest BCUT2D eigenvalue weighted by Crippen LogP contribution is -2.69. The summed E-state index contributed by atoms with van der Waals surface area (Å²) in [4.78, 5) is 42.5. The van der Waals surface area contributed by atoms with Crippen LogP contribution in [0.5, 0.6) is 0 Å². The maximum Gasteiger partial charge on any atom is 0.271 e. The normalized spacial score (nSPS) is 20.6. The van der Waals surface area contributed by atoms with Gasteiger partial charge in [0.1, 0.15) is 0 Å². The first-order valence-electron chi connectivity index (χ1n) is 9.22. The van der Waals surface area contributed by atoms with Crippen LogP contribution in [0.2, 0.25) is 0 Å². The lowest BCUT2D eigenvalue weighted by atomic mass is 9.95. The van der Waals surface area contributed by atoms with E-state index in [0.29, 0.717) is 16.9 Å². The largest absolute Gasteiger partial charge is 0.322 e. The third-order valence-corrected chi connectivity index (χ3v) is 5.36. The summed E-state index contributed by atoms with van der Waals surface area (Å²) in [6, 6.07) is 14.3. The second-order valence-electron chi connectivity index (χ2n) is 7.09. The van der Waals surface area contributed by atoms with Gasteiger partial charge in [-0.1, -0.05) is 35.9 Å². The summed E-state index contributed by atoms with van der Waals surface area (Å²) in [6.07, 6.45) is 2.00. The lowest BCUT2D eigenvalue weighted by molar-refractivity contribution is -0.128. The minimum absolute atomic E-state index is 0.165. The van der Waals surface area contributed by atoms with Crippen molar-refractivity contribution < 1.29 is 14.4 Å². The van der Waals surface area contributed by atoms with Crippen LogP contribution in [0.4, 0.5) is 11.4 Å². The van der Waals surface area contributed by atoms with Crippen LogP contribution in [-0.4, -0.2) is 34.8 Å². The van der Waals surface area contributed by atoms with Gasteiger partial charge < -0.3 is 10.2 Å². The molecule has 1 unspecified atom stereocenters. The number of hydrogen-bond donors (Lipinski definition) is 1. The van der Waals surface area contributed by atoms with E-state index >= 15 is 0 Å². The van der Waals surface area contributed by atoms with Crippen molar-refractivity contribution in [3.8, 4) is 0 Å². The highest BCUT2D eigenvalue weighted by Gasteiger charge is 2.60. The highest BCUT2D eigenvalue weighted by atomic mass is 16.2. The molecule has 2 aliphatic rings. The molecule has 1 saturated heterocycles. The molecule has 2 heterocycles. The van der Waals surface area contributed by atoms with Gasteiger partial charge in [0.2, 0.25) is 11.6 Å². The van der Waals surface area contributed by atoms with Crippen LogP contribution in [0, 0.1) is 6.92 Å². The monoisotopic (exact) mass is 375 g/mol. The van der Waals surface area contributed by atoms with E-state index < -0.39 is 11.6 Å². The minimum Gasteiger partial charge on any atom is -0.322 e. The van der Waals surface area contributed by atoms with Gasteiger partial charge in [-0.2, -0.15) is 0 Å². The van der Waals surface area contributed by atoms with Crippen LogP contribution in [0.25, 0.3) is 0 Å². The number of rotatable bonds is 4. The first kappa shape index (κ1) is 18.0. The summed E-state index contributed by atoms with van der Waals surface area (Å²) in [6.45, 7) is 5.86. The average molecular weight is 375 g/mol. The van der Waals surface area contributed by atoms with Gasteiger partial charge in [0.05, 0.1) is 11.3 Å². The molecule has 1 fully saturated rings. The molecule has 142 valence electrons. The van der Waals surface area contributed by atoms with Crippen molar-refractivity contribution in [3.05, 3.63) is 72.3 Å². The van der Waals surface area contributed by atoms with Crippen molar-refractivity contribution in [2.75, 3.05) is 16.8 Å². The second kappa shape index (κ2) is 6.64. The Bertz CT molecular complexity index is 983. The van der Waals surface area contributed by atoms with Crippen molar-refractivity contribution in [1.82, 2.24) is 4.90 Å². The predicted octanol–water partition coefficient (Wildman–Crippen LogP) is 3.10. The van der Waals surface area contributed by atoms with Crippen molar-refractivity contribution in [2.45, 2.75) is 25.4 Å². The van der Waals surface area contributed by atoms with Gasteiger partial charge in [0.15, 0.2) is 0 Å². The molecule has 6 nitrogen and oxygen atoms in total. The number of benzene rings is 2. The molecular formula is C22H21N3O3. The highest BCUT2D eigenvalue weighted by molar-refractivity contribution is 6.18. The fourth-order valence-corrected chi connectivity index (χ4v) is 4.03. The molecule has 6 heteroatoms. The van der Waals surface area contributed by atoms with Gasteiger partial charge in [-0.15, -0.1) is 6.58 Å². The third kappa shape index (κ3) is 2.52. The van der Waals surface area contributed by atoms with E-state index in [1.165, 1.54) is 9.80 Å². The van der Waals surface area contributed by atoms with Crippen LogP contribution in [0.15, 0.2) is 61.2 Å². The molecule has 28 heavy (non-hydrogen) atoms. The predicted molar refractivity (Wildman–Crippen MR) is 107 cm³/mol. The van der Waals surface area contributed by atoms with Gasteiger partial charge in [-0.3, -0.25) is 19.3 Å². The Morgan fingerprint density at radius 2 is 1.89 bits per heavy atom. The van der Waals surface area contributed by atoms with E-state index in [9.17, 15) is 14.4 Å². The number of nitrogens with zero attached hydrogens (tertiary/aromatic N) is 2. The second-order valence-corrected chi connectivity index (χ2v) is 7.09. The molecule has 2 aliphatic heterocycles. The number of carbonyl (C=O) groups is 3. The topological polar surface area (TPSA) is 69.7 Å². The van der Waals surface area contributed by atoms with Crippen molar-refractivity contribution in [3.63, 3.8) is 0 Å². The zero-order valence-corrected chi connectivity index (χ0v) is 15.6. The van der Waals surface area contributed by atoms with Crippen LogP contribution in [-0.2, 0) is 9.59 Å². The fraction of sp³-hybridized carbons (Fsp3) is 0.227. The number of amides is 3. The SMILES string of the molecule is C=CCN1C(=O)c2ccccc2N2C(=O)CCC12C(=O)Nc1ccc(C)cc1. The molecule has 0 spiro atoms.